The maximum absolute atomic E-state index is 12.2. The average molecular weight is 446 g/mol. The zero-order valence-electron chi connectivity index (χ0n) is 15.4. The first-order chi connectivity index (χ1) is 14.1. The van der Waals surface area contributed by atoms with E-state index in [1.807, 2.05) is 36.4 Å². The van der Waals surface area contributed by atoms with Crippen molar-refractivity contribution < 1.29 is 9.53 Å². The Hall–Kier alpha value is -2.54. The second-order valence-electron chi connectivity index (χ2n) is 5.86. The van der Waals surface area contributed by atoms with Gasteiger partial charge < -0.3 is 4.74 Å². The van der Waals surface area contributed by atoms with Gasteiger partial charge in [-0.15, -0.1) is 11.8 Å². The van der Waals surface area contributed by atoms with Crippen molar-refractivity contribution in [3.63, 3.8) is 0 Å². The van der Waals surface area contributed by atoms with Gasteiger partial charge in [-0.3, -0.25) is 4.79 Å². The van der Waals surface area contributed by atoms with Crippen LogP contribution in [0.5, 0.6) is 5.75 Å². The molecule has 0 spiro atoms. The van der Waals surface area contributed by atoms with Crippen LogP contribution in [-0.4, -0.2) is 24.2 Å². The van der Waals surface area contributed by atoms with Gasteiger partial charge in [0.15, 0.2) is 0 Å². The van der Waals surface area contributed by atoms with Crippen LogP contribution in [0, 0.1) is 0 Å². The lowest BCUT2D eigenvalue weighted by molar-refractivity contribution is 0.0955. The van der Waals surface area contributed by atoms with Gasteiger partial charge in [0.05, 0.1) is 28.4 Å². The molecule has 0 unspecified atom stereocenters. The summed E-state index contributed by atoms with van der Waals surface area (Å²) in [6, 6.07) is 16.1. The van der Waals surface area contributed by atoms with Gasteiger partial charge in [0.2, 0.25) is 0 Å². The number of carbonyl (C=O) groups is 1. The number of aromatic nitrogens is 1. The van der Waals surface area contributed by atoms with Crippen molar-refractivity contribution in [2.24, 2.45) is 5.10 Å². The molecule has 1 aromatic heterocycles. The summed E-state index contributed by atoms with van der Waals surface area (Å²) in [4.78, 5) is 16.5. The fourth-order valence-corrected chi connectivity index (χ4v) is 3.58. The summed E-state index contributed by atoms with van der Waals surface area (Å²) in [7, 11) is 1.63. The molecular weight excluding hydrogens is 429 g/mol. The molecule has 1 heterocycles. The Labute approximate surface area is 183 Å². The zero-order valence-corrected chi connectivity index (χ0v) is 17.8. The summed E-state index contributed by atoms with van der Waals surface area (Å²) in [5.74, 6) is 1.10. The number of methoxy groups -OCH3 is 1. The number of halogens is 2. The quantitative estimate of drug-likeness (QED) is 0.298. The second kappa shape index (κ2) is 10.3. The number of nitrogens with zero attached hydrogens (tertiary/aromatic N) is 2. The lowest BCUT2D eigenvalue weighted by Gasteiger charge is -2.09. The van der Waals surface area contributed by atoms with Crippen LogP contribution in [0.1, 0.15) is 21.5 Å². The fourth-order valence-electron chi connectivity index (χ4n) is 2.44. The van der Waals surface area contributed by atoms with E-state index in [0.29, 0.717) is 21.4 Å². The zero-order chi connectivity index (χ0) is 20.6. The third kappa shape index (κ3) is 5.97. The Balaban J connectivity index is 1.66. The summed E-state index contributed by atoms with van der Waals surface area (Å²) in [5.41, 5.74) is 4.69. The number of hydrogen-bond acceptors (Lipinski definition) is 5. The number of ether oxygens (including phenoxy) is 1. The molecule has 0 bridgehead atoms. The van der Waals surface area contributed by atoms with Crippen LogP contribution in [0.15, 0.2) is 70.9 Å². The first kappa shape index (κ1) is 21.2. The van der Waals surface area contributed by atoms with Gasteiger partial charge in [-0.1, -0.05) is 29.3 Å². The van der Waals surface area contributed by atoms with E-state index in [9.17, 15) is 4.79 Å². The number of rotatable bonds is 7. The molecule has 0 fully saturated rings. The SMILES string of the molecule is COc1ccc(/C=N\NC(=O)c2ccc(Cl)c(Cl)c2)cc1CSc1ccccn1. The predicted molar refractivity (Wildman–Crippen MR) is 118 cm³/mol. The normalized spacial score (nSPS) is 10.9. The molecule has 5 nitrogen and oxygen atoms in total. The van der Waals surface area contributed by atoms with Crippen molar-refractivity contribution in [3.05, 3.63) is 87.5 Å². The van der Waals surface area contributed by atoms with Crippen molar-refractivity contribution >= 4 is 47.1 Å². The molecule has 2 aromatic carbocycles. The van der Waals surface area contributed by atoms with E-state index >= 15 is 0 Å². The highest BCUT2D eigenvalue weighted by molar-refractivity contribution is 7.98. The molecule has 0 saturated carbocycles. The molecule has 0 atom stereocenters. The summed E-state index contributed by atoms with van der Waals surface area (Å²) >= 11 is 13.4. The highest BCUT2D eigenvalue weighted by atomic mass is 35.5. The van der Waals surface area contributed by atoms with E-state index < -0.39 is 0 Å². The van der Waals surface area contributed by atoms with Gasteiger partial charge in [-0.05, 0) is 54.1 Å². The Morgan fingerprint density at radius 2 is 2.03 bits per heavy atom. The van der Waals surface area contributed by atoms with Crippen LogP contribution in [0.4, 0.5) is 0 Å². The molecule has 0 saturated heterocycles. The third-order valence-electron chi connectivity index (χ3n) is 3.88. The van der Waals surface area contributed by atoms with E-state index in [-0.39, 0.29) is 5.91 Å². The Kier molecular flexibility index (Phi) is 7.52. The van der Waals surface area contributed by atoms with Gasteiger partial charge in [0.1, 0.15) is 5.75 Å². The second-order valence-corrected chi connectivity index (χ2v) is 7.67. The summed E-state index contributed by atoms with van der Waals surface area (Å²) in [6.07, 6.45) is 3.34. The minimum atomic E-state index is -0.376. The molecular formula is C21H17Cl2N3O2S. The Bertz CT molecular complexity index is 1030. The van der Waals surface area contributed by atoms with Gasteiger partial charge >= 0.3 is 0 Å². The number of pyridine rings is 1. The number of thioether (sulfide) groups is 1. The first-order valence-corrected chi connectivity index (χ1v) is 10.3. The van der Waals surface area contributed by atoms with Crippen LogP contribution < -0.4 is 10.2 Å². The molecule has 148 valence electrons. The smallest absolute Gasteiger partial charge is 0.271 e. The van der Waals surface area contributed by atoms with E-state index in [0.717, 1.165) is 21.9 Å². The van der Waals surface area contributed by atoms with Crippen LogP contribution in [-0.2, 0) is 5.75 Å². The summed E-state index contributed by atoms with van der Waals surface area (Å²) in [6.45, 7) is 0. The van der Waals surface area contributed by atoms with Gasteiger partial charge in [0, 0.05) is 23.1 Å². The largest absolute Gasteiger partial charge is 0.496 e. The molecule has 0 aliphatic rings. The molecule has 3 aromatic rings. The lowest BCUT2D eigenvalue weighted by Crippen LogP contribution is -2.17. The van der Waals surface area contributed by atoms with Crippen LogP contribution in [0.3, 0.4) is 0 Å². The van der Waals surface area contributed by atoms with Crippen molar-refractivity contribution in [1.29, 1.82) is 0 Å². The minimum absolute atomic E-state index is 0.313. The summed E-state index contributed by atoms with van der Waals surface area (Å²) in [5, 5.41) is 5.66. The van der Waals surface area contributed by atoms with Crippen molar-refractivity contribution in [2.45, 2.75) is 10.8 Å². The average Bonchev–Trinajstić information content (AvgIpc) is 2.75. The monoisotopic (exact) mass is 445 g/mol. The fraction of sp³-hybridized carbons (Fsp3) is 0.0952. The number of carbonyl (C=O) groups excluding carboxylic acids is 1. The molecule has 0 radical (unpaired) electrons. The van der Waals surface area contributed by atoms with Crippen LogP contribution in [0.25, 0.3) is 0 Å². The molecule has 8 heteroatoms. The Morgan fingerprint density at radius 3 is 2.76 bits per heavy atom. The number of hydrogen-bond donors (Lipinski definition) is 1. The van der Waals surface area contributed by atoms with Crippen LogP contribution >= 0.6 is 35.0 Å². The number of benzene rings is 2. The van der Waals surface area contributed by atoms with E-state index in [4.69, 9.17) is 27.9 Å². The summed E-state index contributed by atoms with van der Waals surface area (Å²) < 4.78 is 5.44. The maximum atomic E-state index is 12.2. The van der Waals surface area contributed by atoms with E-state index in [2.05, 4.69) is 15.5 Å². The molecule has 0 aliphatic carbocycles. The van der Waals surface area contributed by atoms with Crippen LogP contribution in [0.2, 0.25) is 10.0 Å². The maximum Gasteiger partial charge on any atom is 0.271 e. The predicted octanol–water partition coefficient (Wildman–Crippen LogP) is 5.45. The standard InChI is InChI=1S/C21H17Cl2N3O2S/c1-28-19-8-5-14(10-16(19)13-29-20-4-2-3-9-24-20)12-25-26-21(27)15-6-7-17(22)18(23)11-15/h2-12H,13H2,1H3,(H,26,27)/b25-12-. The topological polar surface area (TPSA) is 63.6 Å². The lowest BCUT2D eigenvalue weighted by atomic mass is 10.1. The highest BCUT2D eigenvalue weighted by Gasteiger charge is 2.08. The van der Waals surface area contributed by atoms with Crippen molar-refractivity contribution in [2.75, 3.05) is 7.11 Å². The van der Waals surface area contributed by atoms with E-state index in [1.54, 1.807) is 43.4 Å². The minimum Gasteiger partial charge on any atom is -0.496 e. The first-order valence-electron chi connectivity index (χ1n) is 8.56. The molecule has 3 rings (SSSR count). The number of nitrogens with one attached hydrogen (secondary N) is 1. The molecule has 29 heavy (non-hydrogen) atoms. The Morgan fingerprint density at radius 1 is 1.17 bits per heavy atom. The highest BCUT2D eigenvalue weighted by Crippen LogP contribution is 2.27. The molecule has 0 aliphatic heterocycles. The number of amides is 1. The molecule has 1 N–H and O–H groups in total. The third-order valence-corrected chi connectivity index (χ3v) is 5.61. The van der Waals surface area contributed by atoms with Gasteiger partial charge in [-0.25, -0.2) is 10.4 Å². The van der Waals surface area contributed by atoms with Gasteiger partial charge in [0.25, 0.3) is 5.91 Å². The van der Waals surface area contributed by atoms with Crippen molar-refractivity contribution in [3.8, 4) is 5.75 Å². The van der Waals surface area contributed by atoms with Gasteiger partial charge in [-0.2, -0.15) is 5.10 Å². The number of hydrazone groups is 1. The molecule has 1 amide bonds. The van der Waals surface area contributed by atoms with Crippen molar-refractivity contribution in [1.82, 2.24) is 10.4 Å². The van der Waals surface area contributed by atoms with E-state index in [1.165, 1.54) is 6.07 Å².